The van der Waals surface area contributed by atoms with Gasteiger partial charge in [-0.3, -0.25) is 0 Å². The Bertz CT molecular complexity index is 559. The van der Waals surface area contributed by atoms with Gasteiger partial charge in [-0.25, -0.2) is 9.97 Å². The van der Waals surface area contributed by atoms with Gasteiger partial charge in [0.15, 0.2) is 0 Å². The average Bonchev–Trinajstić information content (AvgIpc) is 3.33. The molecule has 0 bridgehead atoms. The Balaban J connectivity index is 1.32. The smallest absolute Gasteiger partial charge is 0.132 e. The molecular weight excluding hydrogens is 312 g/mol. The fourth-order valence-electron chi connectivity index (χ4n) is 4.54. The van der Waals surface area contributed by atoms with Gasteiger partial charge in [0.05, 0.1) is 12.3 Å². The molecule has 5 nitrogen and oxygen atoms in total. The van der Waals surface area contributed by atoms with Crippen molar-refractivity contribution in [3.05, 3.63) is 17.6 Å². The Morgan fingerprint density at radius 2 is 1.88 bits per heavy atom. The van der Waals surface area contributed by atoms with Gasteiger partial charge in [-0.15, -0.1) is 0 Å². The lowest BCUT2D eigenvalue weighted by atomic mass is 9.93. The summed E-state index contributed by atoms with van der Waals surface area (Å²) in [5.41, 5.74) is 1.18. The van der Waals surface area contributed by atoms with Crippen LogP contribution in [0.5, 0.6) is 0 Å². The first-order valence-corrected chi connectivity index (χ1v) is 10.2. The Morgan fingerprint density at radius 3 is 2.60 bits per heavy atom. The van der Waals surface area contributed by atoms with Crippen LogP contribution in [0.3, 0.4) is 0 Å². The Kier molecular flexibility index (Phi) is 5.51. The normalized spacial score (nSPS) is 25.8. The summed E-state index contributed by atoms with van der Waals surface area (Å²) in [6, 6.07) is 2.22. The third-order valence-electron chi connectivity index (χ3n) is 6.18. The van der Waals surface area contributed by atoms with Crippen LogP contribution in [-0.4, -0.2) is 60.8 Å². The molecule has 0 spiro atoms. The highest BCUT2D eigenvalue weighted by atomic mass is 16.5. The number of ether oxygens (including phenoxy) is 1. The molecule has 1 atom stereocenters. The molecule has 1 aromatic heterocycles. The predicted octanol–water partition coefficient (Wildman–Crippen LogP) is 2.99. The molecule has 1 aromatic rings. The highest BCUT2D eigenvalue weighted by Gasteiger charge is 2.24. The van der Waals surface area contributed by atoms with Crippen LogP contribution < -0.4 is 4.90 Å². The maximum atomic E-state index is 5.54. The minimum Gasteiger partial charge on any atom is -0.381 e. The third kappa shape index (κ3) is 4.32. The minimum atomic E-state index is 0.457. The molecule has 0 N–H and O–H groups in total. The van der Waals surface area contributed by atoms with E-state index in [0.717, 1.165) is 50.3 Å². The zero-order chi connectivity index (χ0) is 17.1. The summed E-state index contributed by atoms with van der Waals surface area (Å²) in [4.78, 5) is 14.5. The zero-order valence-electron chi connectivity index (χ0n) is 15.6. The molecule has 0 radical (unpaired) electrons. The Hall–Kier alpha value is -1.20. The first-order chi connectivity index (χ1) is 12.3. The Morgan fingerprint density at radius 1 is 1.08 bits per heavy atom. The highest BCUT2D eigenvalue weighted by Crippen LogP contribution is 2.29. The number of aromatic nitrogens is 2. The third-order valence-corrected chi connectivity index (χ3v) is 6.18. The van der Waals surface area contributed by atoms with E-state index in [1.165, 1.54) is 57.4 Å². The number of likely N-dealkylation sites (tertiary alicyclic amines) is 1. The Labute approximate surface area is 151 Å². The van der Waals surface area contributed by atoms with Crippen LogP contribution in [0, 0.1) is 12.8 Å². The molecule has 0 saturated carbocycles. The molecule has 0 amide bonds. The van der Waals surface area contributed by atoms with Crippen molar-refractivity contribution in [2.75, 3.05) is 50.8 Å². The van der Waals surface area contributed by atoms with Crippen LogP contribution in [0.25, 0.3) is 0 Å². The van der Waals surface area contributed by atoms with Crippen molar-refractivity contribution in [3.63, 3.8) is 0 Å². The van der Waals surface area contributed by atoms with Crippen LogP contribution in [-0.2, 0) is 4.74 Å². The molecule has 0 aromatic carbocycles. The van der Waals surface area contributed by atoms with E-state index in [0.29, 0.717) is 5.92 Å². The maximum Gasteiger partial charge on any atom is 0.132 e. The van der Waals surface area contributed by atoms with E-state index in [1.54, 1.807) is 0 Å². The minimum absolute atomic E-state index is 0.457. The predicted molar refractivity (Wildman–Crippen MR) is 100 cm³/mol. The van der Waals surface area contributed by atoms with Gasteiger partial charge in [-0.1, -0.05) is 0 Å². The number of hydrogen-bond acceptors (Lipinski definition) is 5. The molecule has 138 valence electrons. The summed E-state index contributed by atoms with van der Waals surface area (Å²) >= 11 is 0. The molecule has 5 heteroatoms. The number of hydrogen-bond donors (Lipinski definition) is 0. The molecule has 4 rings (SSSR count). The van der Waals surface area contributed by atoms with Gasteiger partial charge in [-0.2, -0.15) is 0 Å². The summed E-state index contributed by atoms with van der Waals surface area (Å²) < 4.78 is 5.54. The van der Waals surface area contributed by atoms with Crippen LogP contribution in [0.15, 0.2) is 6.07 Å². The van der Waals surface area contributed by atoms with Gasteiger partial charge in [-0.05, 0) is 71.0 Å². The van der Waals surface area contributed by atoms with Crippen molar-refractivity contribution in [2.45, 2.75) is 51.4 Å². The molecule has 3 aliphatic rings. The van der Waals surface area contributed by atoms with E-state index in [9.17, 15) is 0 Å². The molecule has 3 fully saturated rings. The summed E-state index contributed by atoms with van der Waals surface area (Å²) in [7, 11) is 0. The number of piperidine rings is 1. The van der Waals surface area contributed by atoms with Crippen molar-refractivity contribution >= 4 is 5.82 Å². The molecule has 3 saturated heterocycles. The van der Waals surface area contributed by atoms with Gasteiger partial charge in [0.1, 0.15) is 11.6 Å². The molecule has 4 heterocycles. The molecule has 0 aliphatic carbocycles. The fourth-order valence-corrected chi connectivity index (χ4v) is 4.54. The van der Waals surface area contributed by atoms with Crippen molar-refractivity contribution in [2.24, 2.45) is 5.92 Å². The zero-order valence-corrected chi connectivity index (χ0v) is 15.6. The molecule has 3 aliphatic heterocycles. The van der Waals surface area contributed by atoms with Gasteiger partial charge in [0.25, 0.3) is 0 Å². The van der Waals surface area contributed by atoms with E-state index >= 15 is 0 Å². The summed E-state index contributed by atoms with van der Waals surface area (Å²) in [5, 5.41) is 0. The van der Waals surface area contributed by atoms with Crippen molar-refractivity contribution < 1.29 is 4.74 Å². The summed E-state index contributed by atoms with van der Waals surface area (Å²) in [5.74, 6) is 3.38. The van der Waals surface area contributed by atoms with Crippen LogP contribution in [0.2, 0.25) is 0 Å². The largest absolute Gasteiger partial charge is 0.381 e. The molecular formula is C20H32N4O. The summed E-state index contributed by atoms with van der Waals surface area (Å²) in [6.45, 7) is 9.94. The number of rotatable bonds is 5. The second-order valence-electron chi connectivity index (χ2n) is 8.03. The van der Waals surface area contributed by atoms with Crippen LogP contribution in [0.1, 0.15) is 56.0 Å². The standard InChI is InChI=1S/C20H32N4O/c1-16-21-19(18-7-13-25-15-18)14-20(22-16)24-11-5-17(6-12-24)4-10-23-8-2-3-9-23/h14,17-18H,2-13,15H2,1H3. The maximum absolute atomic E-state index is 5.54. The highest BCUT2D eigenvalue weighted by molar-refractivity contribution is 5.41. The second kappa shape index (κ2) is 8.00. The van der Waals surface area contributed by atoms with E-state index in [-0.39, 0.29) is 0 Å². The molecule has 25 heavy (non-hydrogen) atoms. The van der Waals surface area contributed by atoms with E-state index in [2.05, 4.69) is 20.9 Å². The fraction of sp³-hybridized carbons (Fsp3) is 0.800. The van der Waals surface area contributed by atoms with Gasteiger partial charge in [0, 0.05) is 31.7 Å². The van der Waals surface area contributed by atoms with Crippen molar-refractivity contribution in [1.82, 2.24) is 14.9 Å². The first kappa shape index (κ1) is 17.2. The van der Waals surface area contributed by atoms with Crippen molar-refractivity contribution in [3.8, 4) is 0 Å². The lowest BCUT2D eigenvalue weighted by molar-refractivity contribution is 0.193. The van der Waals surface area contributed by atoms with E-state index in [1.807, 2.05) is 6.92 Å². The first-order valence-electron chi connectivity index (χ1n) is 10.2. The lowest BCUT2D eigenvalue weighted by Crippen LogP contribution is -2.35. The van der Waals surface area contributed by atoms with Gasteiger partial charge in [0.2, 0.25) is 0 Å². The quantitative estimate of drug-likeness (QED) is 0.821. The van der Waals surface area contributed by atoms with Gasteiger partial charge >= 0.3 is 0 Å². The average molecular weight is 345 g/mol. The number of anilines is 1. The number of nitrogens with zero attached hydrogens (tertiary/aromatic N) is 4. The van der Waals surface area contributed by atoms with Gasteiger partial charge < -0.3 is 14.5 Å². The van der Waals surface area contributed by atoms with E-state index in [4.69, 9.17) is 9.72 Å². The second-order valence-corrected chi connectivity index (χ2v) is 8.03. The topological polar surface area (TPSA) is 41.5 Å². The lowest BCUT2D eigenvalue weighted by Gasteiger charge is -2.33. The van der Waals surface area contributed by atoms with E-state index < -0.39 is 0 Å². The van der Waals surface area contributed by atoms with Crippen LogP contribution >= 0.6 is 0 Å². The molecule has 1 unspecified atom stereocenters. The van der Waals surface area contributed by atoms with Crippen molar-refractivity contribution in [1.29, 1.82) is 0 Å². The summed E-state index contributed by atoms with van der Waals surface area (Å²) in [6.07, 6.45) is 7.88. The number of aryl methyl sites for hydroxylation is 1. The SMILES string of the molecule is Cc1nc(C2CCOC2)cc(N2CCC(CCN3CCCC3)CC2)n1. The van der Waals surface area contributed by atoms with Crippen LogP contribution in [0.4, 0.5) is 5.82 Å². The monoisotopic (exact) mass is 344 g/mol.